The monoisotopic (exact) mass is 704 g/mol. The summed E-state index contributed by atoms with van der Waals surface area (Å²) in [7, 11) is 0.755. The van der Waals surface area contributed by atoms with E-state index in [1.165, 1.54) is 24.3 Å². The highest BCUT2D eigenvalue weighted by Gasteiger charge is 2.65. The van der Waals surface area contributed by atoms with Gasteiger partial charge in [0.2, 0.25) is 29.2 Å². The van der Waals surface area contributed by atoms with E-state index in [4.69, 9.17) is 11.5 Å². The van der Waals surface area contributed by atoms with Crippen LogP contribution < -0.4 is 32.7 Å². The zero-order valence-electron chi connectivity index (χ0n) is 27.0. The number of hydrogen-bond donors (Lipinski definition) is 7. The van der Waals surface area contributed by atoms with Crippen molar-refractivity contribution in [3.8, 4) is 0 Å². The number of guanidine groups is 1. The third-order valence-electron chi connectivity index (χ3n) is 7.97. The molecule has 2 aromatic carbocycles. The Hall–Kier alpha value is -5.68. The number of likely N-dealkylation sites (N-methyl/N-ethyl adjacent to an activating group) is 1. The molecule has 0 aliphatic carbocycles. The minimum Gasteiger partial charge on any atom is -0.481 e. The second kappa shape index (κ2) is 17.1. The van der Waals surface area contributed by atoms with Gasteiger partial charge < -0.3 is 42.7 Å². The third kappa shape index (κ3) is 10.2. The molecule has 0 bridgehead atoms. The first-order valence-electron chi connectivity index (χ1n) is 15.4. The summed E-state index contributed by atoms with van der Waals surface area (Å²) in [6.45, 7) is -0.912. The number of nitrogens with two attached hydrogens (primary N) is 2. The average Bonchev–Trinajstić information content (AvgIpc) is 3.05. The summed E-state index contributed by atoms with van der Waals surface area (Å²) in [6, 6.07) is 9.71. The third-order valence-corrected chi connectivity index (χ3v) is 7.97. The Morgan fingerprint density at radius 2 is 1.50 bits per heavy atom. The lowest BCUT2D eigenvalue weighted by atomic mass is 9.85. The molecule has 1 aliphatic rings. The van der Waals surface area contributed by atoms with Gasteiger partial charge in [-0.3, -0.25) is 33.8 Å². The number of carboxylic acid groups (broad SMARTS) is 1. The van der Waals surface area contributed by atoms with Gasteiger partial charge >= 0.3 is 12.1 Å². The molecule has 50 heavy (non-hydrogen) atoms. The Labute approximate surface area is 285 Å². The summed E-state index contributed by atoms with van der Waals surface area (Å²) >= 11 is 0. The first kappa shape index (κ1) is 38.8. The first-order valence-corrected chi connectivity index (χ1v) is 15.4. The first-order chi connectivity index (χ1) is 23.5. The lowest BCUT2D eigenvalue weighted by Gasteiger charge is -2.43. The maximum Gasteiger partial charge on any atom is 0.421 e. The molecule has 3 rings (SSSR count). The van der Waals surface area contributed by atoms with Gasteiger partial charge in [-0.05, 0) is 24.0 Å². The normalized spacial score (nSPS) is 22.6. The van der Waals surface area contributed by atoms with Crippen molar-refractivity contribution in [2.24, 2.45) is 16.5 Å². The molecule has 0 spiro atoms. The smallest absolute Gasteiger partial charge is 0.421 e. The van der Waals surface area contributed by atoms with E-state index in [0.717, 1.165) is 7.05 Å². The Bertz CT molecular complexity index is 1570. The van der Waals surface area contributed by atoms with E-state index in [0.29, 0.717) is 5.56 Å². The molecule has 0 saturated carbocycles. The molecule has 15 nitrogen and oxygen atoms in total. The van der Waals surface area contributed by atoms with Gasteiger partial charge in [0.05, 0.1) is 13.0 Å². The van der Waals surface area contributed by atoms with Gasteiger partial charge in [0.15, 0.2) is 5.96 Å². The van der Waals surface area contributed by atoms with Crippen LogP contribution in [0.2, 0.25) is 0 Å². The van der Waals surface area contributed by atoms with E-state index in [2.05, 4.69) is 26.3 Å². The summed E-state index contributed by atoms with van der Waals surface area (Å²) in [4.78, 5) is 83.5. The van der Waals surface area contributed by atoms with Crippen LogP contribution in [0.3, 0.4) is 0 Å². The summed E-state index contributed by atoms with van der Waals surface area (Å²) < 4.78 is 46.8. The van der Waals surface area contributed by atoms with E-state index >= 15 is 13.2 Å². The van der Waals surface area contributed by atoms with Crippen molar-refractivity contribution in [2.75, 3.05) is 20.1 Å². The van der Waals surface area contributed by atoms with Crippen molar-refractivity contribution in [3.63, 3.8) is 0 Å². The number of amides is 5. The van der Waals surface area contributed by atoms with Gasteiger partial charge in [0.1, 0.15) is 18.1 Å². The van der Waals surface area contributed by atoms with Crippen molar-refractivity contribution in [2.45, 2.75) is 61.9 Å². The standard InChI is InChI=1S/C32H39F3N8O7/c1-43-28(49)23(15-19-9-4-2-5-10-19)41-27(48)22(16-25(45)46)40-24(44)18-39-26(47)21(13-8-14-38-30(36)37)42-29(50)31(43,32(33,34)35)17-20-11-6-3-7-12-20/h2-7,9-12,21-23H,8,13-18H2,1H3,(H,39,47)(H,40,44)(H,41,48)(H,42,50)(H,45,46)(H4,36,37,38)/t21-,22-,23+,31+/m0/s1. The number of aliphatic imine (C=N–C) groups is 1. The van der Waals surface area contributed by atoms with E-state index in [1.807, 2.05) is 0 Å². The highest BCUT2D eigenvalue weighted by molar-refractivity contribution is 6.00. The number of carboxylic acids is 1. The van der Waals surface area contributed by atoms with Gasteiger partial charge in [0, 0.05) is 26.4 Å². The number of carbonyl (C=O) groups excluding carboxylic acids is 5. The van der Waals surface area contributed by atoms with E-state index < -0.39 is 84.7 Å². The second-order valence-electron chi connectivity index (χ2n) is 11.6. The van der Waals surface area contributed by atoms with E-state index in [-0.39, 0.29) is 42.2 Å². The molecule has 1 aliphatic heterocycles. The van der Waals surface area contributed by atoms with Crippen molar-refractivity contribution >= 4 is 41.5 Å². The quantitative estimate of drug-likeness (QED) is 0.0943. The van der Waals surface area contributed by atoms with Crippen LogP contribution in [0.25, 0.3) is 0 Å². The van der Waals surface area contributed by atoms with Crippen molar-refractivity contribution in [3.05, 3.63) is 71.8 Å². The molecule has 18 heteroatoms. The Balaban J connectivity index is 2.23. The van der Waals surface area contributed by atoms with Crippen molar-refractivity contribution < 1.29 is 47.0 Å². The zero-order chi connectivity index (χ0) is 37.1. The van der Waals surface area contributed by atoms with Gasteiger partial charge in [-0.1, -0.05) is 60.7 Å². The van der Waals surface area contributed by atoms with Crippen molar-refractivity contribution in [1.82, 2.24) is 26.2 Å². The lowest BCUT2D eigenvalue weighted by Crippen LogP contribution is -2.71. The minimum absolute atomic E-state index is 0.00580. The van der Waals surface area contributed by atoms with Crippen LogP contribution in [0.5, 0.6) is 0 Å². The van der Waals surface area contributed by atoms with Crippen LogP contribution in [0.4, 0.5) is 13.2 Å². The van der Waals surface area contributed by atoms with Gasteiger partial charge in [-0.25, -0.2) is 0 Å². The molecule has 0 radical (unpaired) electrons. The molecule has 2 aromatic rings. The SMILES string of the molecule is CN1C(=O)[C@@H](Cc2ccccc2)NC(=O)[C@H](CC(=O)O)NC(=O)CNC(=O)[C@H](CCCN=C(N)N)NC(=O)[C@]1(Cc1ccccc1)C(F)(F)F. The van der Waals surface area contributed by atoms with E-state index in [1.54, 1.807) is 36.4 Å². The number of hydrogen-bond acceptors (Lipinski definition) is 7. The number of aliphatic carboxylic acids is 1. The molecular formula is C32H39F3N8O7. The molecule has 0 unspecified atom stereocenters. The number of rotatable bonds is 10. The predicted octanol–water partition coefficient (Wildman–Crippen LogP) is -0.656. The number of alkyl halides is 3. The minimum atomic E-state index is -5.48. The lowest BCUT2D eigenvalue weighted by molar-refractivity contribution is -0.227. The molecule has 270 valence electrons. The number of nitrogens with zero attached hydrogens (tertiary/aromatic N) is 2. The summed E-state index contributed by atoms with van der Waals surface area (Å²) in [5.74, 6) is -8.26. The molecule has 9 N–H and O–H groups in total. The zero-order valence-corrected chi connectivity index (χ0v) is 27.0. The predicted molar refractivity (Wildman–Crippen MR) is 173 cm³/mol. The van der Waals surface area contributed by atoms with Gasteiger partial charge in [-0.15, -0.1) is 0 Å². The Morgan fingerprint density at radius 3 is 2.06 bits per heavy atom. The molecule has 5 amide bonds. The maximum atomic E-state index is 15.6. The summed E-state index contributed by atoms with van der Waals surface area (Å²) in [5, 5.41) is 18.3. The fraction of sp³-hybridized carbons (Fsp3) is 0.406. The number of nitrogens with one attached hydrogen (secondary N) is 4. The highest BCUT2D eigenvalue weighted by atomic mass is 19.4. The Morgan fingerprint density at radius 1 is 0.900 bits per heavy atom. The van der Waals surface area contributed by atoms with E-state index in [9.17, 15) is 33.9 Å². The maximum absolute atomic E-state index is 15.6. The topological polar surface area (TPSA) is 238 Å². The van der Waals surface area contributed by atoms with Crippen LogP contribution in [0.1, 0.15) is 30.4 Å². The molecule has 1 heterocycles. The Kier molecular flexibility index (Phi) is 13.3. The van der Waals surface area contributed by atoms with Crippen LogP contribution in [-0.4, -0.2) is 101 Å². The van der Waals surface area contributed by atoms with Crippen LogP contribution >= 0.6 is 0 Å². The fourth-order valence-corrected chi connectivity index (χ4v) is 5.38. The molecule has 4 atom stereocenters. The van der Waals surface area contributed by atoms with Crippen LogP contribution in [0, 0.1) is 0 Å². The fourth-order valence-electron chi connectivity index (χ4n) is 5.38. The number of halogens is 3. The van der Waals surface area contributed by atoms with Crippen molar-refractivity contribution in [1.29, 1.82) is 0 Å². The molecule has 0 aromatic heterocycles. The van der Waals surface area contributed by atoms with Gasteiger partial charge in [0.25, 0.3) is 5.91 Å². The molecular weight excluding hydrogens is 665 g/mol. The summed E-state index contributed by atoms with van der Waals surface area (Å²) in [5.41, 5.74) is 7.42. The average molecular weight is 705 g/mol. The number of benzene rings is 2. The van der Waals surface area contributed by atoms with Crippen LogP contribution in [0.15, 0.2) is 65.7 Å². The largest absolute Gasteiger partial charge is 0.481 e. The highest BCUT2D eigenvalue weighted by Crippen LogP contribution is 2.39. The molecule has 1 saturated heterocycles. The van der Waals surface area contributed by atoms with Gasteiger partial charge in [-0.2, -0.15) is 13.2 Å². The van der Waals surface area contributed by atoms with Crippen LogP contribution in [-0.2, 0) is 41.6 Å². The molecule has 1 fully saturated rings. The second-order valence-corrected chi connectivity index (χ2v) is 11.6. The number of carbonyl (C=O) groups is 6. The summed E-state index contributed by atoms with van der Waals surface area (Å²) in [6.07, 6.45) is -8.23.